The average Bonchev–Trinajstić information content (AvgIpc) is 2.98. The third kappa shape index (κ3) is 4.70. The normalized spacial score (nSPS) is 17.7. The van der Waals surface area contributed by atoms with Crippen LogP contribution in [0.5, 0.6) is 0 Å². The minimum absolute atomic E-state index is 0.0555. The lowest BCUT2D eigenvalue weighted by atomic mass is 10.1. The lowest BCUT2D eigenvalue weighted by molar-refractivity contribution is 0.0951. The topological polar surface area (TPSA) is 63.2 Å². The molecule has 1 fully saturated rings. The van der Waals surface area contributed by atoms with Crippen molar-refractivity contribution in [1.29, 1.82) is 0 Å². The quantitative estimate of drug-likeness (QED) is 0.809. The number of nitrogens with zero attached hydrogens (tertiary/aromatic N) is 1. The van der Waals surface area contributed by atoms with Crippen molar-refractivity contribution in [3.8, 4) is 0 Å². The first-order chi connectivity index (χ1) is 10.2. The first-order valence-electron chi connectivity index (χ1n) is 7.77. The maximum atomic E-state index is 12.3. The number of pyridine rings is 1. The summed E-state index contributed by atoms with van der Waals surface area (Å²) in [7, 11) is 0. The van der Waals surface area contributed by atoms with Crippen molar-refractivity contribution in [2.45, 2.75) is 33.1 Å². The molecule has 0 spiro atoms. The molecule has 0 saturated carbocycles. The summed E-state index contributed by atoms with van der Waals surface area (Å²) in [5.74, 6) is 0.527. The Hall–Kier alpha value is -1.62. The van der Waals surface area contributed by atoms with Crippen LogP contribution in [0.4, 0.5) is 5.69 Å². The summed E-state index contributed by atoms with van der Waals surface area (Å²) in [6.07, 6.45) is 4.75. The molecule has 1 amide bonds. The summed E-state index contributed by atoms with van der Waals surface area (Å²) in [6.45, 7) is 7.25. The average molecular weight is 291 g/mol. The molecule has 1 aromatic rings. The number of anilines is 1. The van der Waals surface area contributed by atoms with E-state index in [1.807, 2.05) is 13.0 Å². The van der Waals surface area contributed by atoms with Crippen molar-refractivity contribution in [2.24, 2.45) is 5.92 Å². The van der Waals surface area contributed by atoms with Crippen LogP contribution in [-0.4, -0.2) is 37.2 Å². The van der Waals surface area contributed by atoms with Crippen LogP contribution >= 0.6 is 0 Å². The Bertz CT molecular complexity index is 471. The van der Waals surface area contributed by atoms with Crippen LogP contribution in [0.2, 0.25) is 0 Å². The summed E-state index contributed by atoms with van der Waals surface area (Å²) in [6, 6.07) is 1.93. The van der Waals surface area contributed by atoms with Crippen LogP contribution in [0.3, 0.4) is 0 Å². The van der Waals surface area contributed by atoms with Gasteiger partial charge >= 0.3 is 0 Å². The fourth-order valence-electron chi connectivity index (χ4n) is 2.44. The molecule has 21 heavy (non-hydrogen) atoms. The number of carbonyl (C=O) groups is 1. The minimum atomic E-state index is -0.0555. The van der Waals surface area contributed by atoms with Crippen LogP contribution in [0.25, 0.3) is 0 Å². The Kier molecular flexibility index (Phi) is 5.99. The van der Waals surface area contributed by atoms with Gasteiger partial charge in [0, 0.05) is 38.2 Å². The van der Waals surface area contributed by atoms with Gasteiger partial charge in [-0.1, -0.05) is 6.92 Å². The van der Waals surface area contributed by atoms with Crippen LogP contribution < -0.4 is 10.6 Å². The van der Waals surface area contributed by atoms with Crippen LogP contribution in [0.1, 0.15) is 42.2 Å². The van der Waals surface area contributed by atoms with Gasteiger partial charge in [-0.3, -0.25) is 9.78 Å². The van der Waals surface area contributed by atoms with Crippen molar-refractivity contribution in [3.63, 3.8) is 0 Å². The predicted octanol–water partition coefficient (Wildman–Crippen LogP) is 2.37. The van der Waals surface area contributed by atoms with E-state index in [4.69, 9.17) is 4.74 Å². The molecule has 1 atom stereocenters. The van der Waals surface area contributed by atoms with Gasteiger partial charge in [-0.15, -0.1) is 0 Å². The number of hydrogen-bond acceptors (Lipinski definition) is 4. The second-order valence-electron chi connectivity index (χ2n) is 5.57. The molecule has 0 radical (unpaired) electrons. The van der Waals surface area contributed by atoms with Crippen LogP contribution in [-0.2, 0) is 4.74 Å². The highest BCUT2D eigenvalue weighted by molar-refractivity contribution is 5.99. The Labute approximate surface area is 126 Å². The van der Waals surface area contributed by atoms with E-state index in [2.05, 4.69) is 22.5 Å². The molecule has 1 aliphatic heterocycles. The lowest BCUT2D eigenvalue weighted by Crippen LogP contribution is -2.27. The van der Waals surface area contributed by atoms with Gasteiger partial charge in [0.15, 0.2) is 0 Å². The number of amides is 1. The van der Waals surface area contributed by atoms with E-state index in [1.165, 1.54) is 0 Å². The summed E-state index contributed by atoms with van der Waals surface area (Å²) in [5.41, 5.74) is 2.40. The Morgan fingerprint density at radius 3 is 3.05 bits per heavy atom. The monoisotopic (exact) mass is 291 g/mol. The molecule has 0 bridgehead atoms. The van der Waals surface area contributed by atoms with E-state index in [9.17, 15) is 4.79 Å². The first-order valence-corrected chi connectivity index (χ1v) is 7.77. The molecular weight excluding hydrogens is 266 g/mol. The van der Waals surface area contributed by atoms with E-state index in [1.54, 1.807) is 6.20 Å². The van der Waals surface area contributed by atoms with Gasteiger partial charge in [0.1, 0.15) is 0 Å². The molecular formula is C16H25N3O2. The fraction of sp³-hybridized carbons (Fsp3) is 0.625. The van der Waals surface area contributed by atoms with E-state index < -0.39 is 0 Å². The highest BCUT2D eigenvalue weighted by Crippen LogP contribution is 2.17. The minimum Gasteiger partial charge on any atom is -0.384 e. The van der Waals surface area contributed by atoms with Crippen LogP contribution in [0.15, 0.2) is 12.3 Å². The van der Waals surface area contributed by atoms with Gasteiger partial charge in [-0.05, 0) is 38.2 Å². The van der Waals surface area contributed by atoms with Crippen molar-refractivity contribution in [1.82, 2.24) is 10.3 Å². The van der Waals surface area contributed by atoms with Gasteiger partial charge in [-0.2, -0.15) is 0 Å². The SMILES string of the molecule is CCCNc1cc(C)ncc1C(=O)NCCC1CCOC1. The maximum absolute atomic E-state index is 12.3. The molecule has 5 nitrogen and oxygen atoms in total. The zero-order valence-corrected chi connectivity index (χ0v) is 12.9. The van der Waals surface area contributed by atoms with Crippen molar-refractivity contribution in [2.75, 3.05) is 31.6 Å². The van der Waals surface area contributed by atoms with Gasteiger partial charge in [-0.25, -0.2) is 0 Å². The van der Waals surface area contributed by atoms with Crippen molar-refractivity contribution in [3.05, 3.63) is 23.5 Å². The summed E-state index contributed by atoms with van der Waals surface area (Å²) < 4.78 is 5.34. The molecule has 1 aliphatic rings. The molecule has 1 aromatic heterocycles. The molecule has 0 aliphatic carbocycles. The molecule has 2 heterocycles. The molecule has 0 aromatic carbocycles. The summed E-state index contributed by atoms with van der Waals surface area (Å²) in [4.78, 5) is 16.5. The number of hydrogen-bond donors (Lipinski definition) is 2. The first kappa shape index (κ1) is 15.8. The molecule has 1 unspecified atom stereocenters. The van der Waals surface area contributed by atoms with Crippen molar-refractivity contribution >= 4 is 11.6 Å². The summed E-state index contributed by atoms with van der Waals surface area (Å²) in [5, 5.41) is 6.28. The molecule has 5 heteroatoms. The standard InChI is InChI=1S/C16H25N3O2/c1-3-6-17-15-9-12(2)19-10-14(15)16(20)18-7-4-13-5-8-21-11-13/h9-10,13H,3-8,11H2,1-2H3,(H,17,19)(H,18,20). The molecule has 2 rings (SSSR count). The van der Waals surface area contributed by atoms with E-state index >= 15 is 0 Å². The predicted molar refractivity (Wildman–Crippen MR) is 83.6 cm³/mol. The zero-order valence-electron chi connectivity index (χ0n) is 12.9. The zero-order chi connectivity index (χ0) is 15.1. The number of nitrogens with one attached hydrogen (secondary N) is 2. The number of ether oxygens (including phenoxy) is 1. The van der Waals surface area contributed by atoms with Crippen LogP contribution in [0, 0.1) is 12.8 Å². The number of aryl methyl sites for hydroxylation is 1. The van der Waals surface area contributed by atoms with Gasteiger partial charge < -0.3 is 15.4 Å². The smallest absolute Gasteiger partial charge is 0.254 e. The third-order valence-corrected chi connectivity index (χ3v) is 3.71. The highest BCUT2D eigenvalue weighted by Gasteiger charge is 2.16. The van der Waals surface area contributed by atoms with E-state index in [-0.39, 0.29) is 5.91 Å². The fourth-order valence-corrected chi connectivity index (χ4v) is 2.44. The molecule has 2 N–H and O–H groups in total. The second-order valence-corrected chi connectivity index (χ2v) is 5.57. The summed E-state index contributed by atoms with van der Waals surface area (Å²) >= 11 is 0. The number of rotatable bonds is 7. The maximum Gasteiger partial charge on any atom is 0.254 e. The van der Waals surface area contributed by atoms with Gasteiger partial charge in [0.2, 0.25) is 0 Å². The van der Waals surface area contributed by atoms with Gasteiger partial charge in [0.05, 0.1) is 11.3 Å². The highest BCUT2D eigenvalue weighted by atomic mass is 16.5. The second kappa shape index (κ2) is 7.98. The number of aromatic nitrogens is 1. The lowest BCUT2D eigenvalue weighted by Gasteiger charge is -2.13. The van der Waals surface area contributed by atoms with E-state index in [0.29, 0.717) is 18.0 Å². The Morgan fingerprint density at radius 2 is 2.33 bits per heavy atom. The Balaban J connectivity index is 1.90. The van der Waals surface area contributed by atoms with E-state index in [0.717, 1.165) is 50.4 Å². The Morgan fingerprint density at radius 1 is 1.48 bits per heavy atom. The largest absolute Gasteiger partial charge is 0.384 e. The van der Waals surface area contributed by atoms with Gasteiger partial charge in [0.25, 0.3) is 5.91 Å². The third-order valence-electron chi connectivity index (χ3n) is 3.71. The van der Waals surface area contributed by atoms with Crippen molar-refractivity contribution < 1.29 is 9.53 Å². The molecule has 116 valence electrons. The number of carbonyl (C=O) groups excluding carboxylic acids is 1. The molecule has 1 saturated heterocycles.